The van der Waals surface area contributed by atoms with Gasteiger partial charge in [0.1, 0.15) is 17.3 Å². The Kier molecular flexibility index (Phi) is 4.76. The van der Waals surface area contributed by atoms with E-state index in [1.807, 2.05) is 6.92 Å². The van der Waals surface area contributed by atoms with E-state index in [0.29, 0.717) is 16.9 Å². The lowest BCUT2D eigenvalue weighted by Gasteiger charge is -2.24. The van der Waals surface area contributed by atoms with E-state index in [2.05, 4.69) is 0 Å². The molecule has 1 aliphatic rings. The van der Waals surface area contributed by atoms with E-state index in [1.165, 1.54) is 29.4 Å². The van der Waals surface area contributed by atoms with Crippen molar-refractivity contribution in [2.75, 3.05) is 0 Å². The summed E-state index contributed by atoms with van der Waals surface area (Å²) in [6.45, 7) is 1.92. The van der Waals surface area contributed by atoms with E-state index in [9.17, 15) is 19.1 Å². The Morgan fingerprint density at radius 2 is 1.86 bits per heavy atom. The van der Waals surface area contributed by atoms with Crippen LogP contribution in [0.3, 0.4) is 0 Å². The zero-order valence-corrected chi connectivity index (χ0v) is 15.6. The molecule has 1 aliphatic heterocycles. The first-order valence-corrected chi connectivity index (χ1v) is 9.09. The number of rotatable bonds is 4. The molecular formula is C23H18FNO4. The average molecular weight is 391 g/mol. The van der Waals surface area contributed by atoms with E-state index >= 15 is 0 Å². The van der Waals surface area contributed by atoms with Gasteiger partial charge in [0.05, 0.1) is 24.4 Å². The van der Waals surface area contributed by atoms with Gasteiger partial charge in [-0.3, -0.25) is 9.59 Å². The second kappa shape index (κ2) is 7.39. The lowest BCUT2D eigenvalue weighted by atomic mass is 9.95. The summed E-state index contributed by atoms with van der Waals surface area (Å²) < 4.78 is 19.3. The number of likely N-dealkylation sites (tertiary alicyclic amines) is 1. The largest absolute Gasteiger partial charge is 0.507 e. The van der Waals surface area contributed by atoms with Crippen LogP contribution in [0.4, 0.5) is 4.39 Å². The fourth-order valence-electron chi connectivity index (χ4n) is 3.50. The predicted octanol–water partition coefficient (Wildman–Crippen LogP) is 4.35. The number of aryl methyl sites for hydroxylation is 1. The van der Waals surface area contributed by atoms with Gasteiger partial charge >= 0.3 is 0 Å². The maximum absolute atomic E-state index is 13.9. The Morgan fingerprint density at radius 3 is 2.52 bits per heavy atom. The minimum atomic E-state index is -0.933. The Balaban J connectivity index is 1.87. The second-order valence-corrected chi connectivity index (χ2v) is 6.93. The molecule has 1 fully saturated rings. The molecule has 4 rings (SSSR count). The molecule has 0 bridgehead atoms. The molecule has 5 nitrogen and oxygen atoms in total. The fourth-order valence-corrected chi connectivity index (χ4v) is 3.50. The summed E-state index contributed by atoms with van der Waals surface area (Å²) in [6, 6.07) is 15.0. The highest BCUT2D eigenvalue weighted by Crippen LogP contribution is 2.40. The molecule has 1 N–H and O–H groups in total. The molecule has 3 aromatic rings. The van der Waals surface area contributed by atoms with Crippen molar-refractivity contribution in [1.29, 1.82) is 0 Å². The summed E-state index contributed by atoms with van der Waals surface area (Å²) in [4.78, 5) is 26.9. The van der Waals surface area contributed by atoms with Crippen LogP contribution in [0.25, 0.3) is 5.76 Å². The standard InChI is InChI=1S/C23H18FNO4/c1-14-7-9-15(10-8-14)21(26)19-20(16-4-2-5-17(24)12-16)25(23(28)22(19)27)13-18-6-3-11-29-18/h2-12,20,26H,13H2,1H3/b21-19-. The summed E-state index contributed by atoms with van der Waals surface area (Å²) in [5.74, 6) is -1.90. The third kappa shape index (κ3) is 3.45. The third-order valence-corrected chi connectivity index (χ3v) is 4.94. The first-order chi connectivity index (χ1) is 14.0. The predicted molar refractivity (Wildman–Crippen MR) is 104 cm³/mol. The van der Waals surface area contributed by atoms with Crippen LogP contribution >= 0.6 is 0 Å². The molecule has 0 radical (unpaired) electrons. The van der Waals surface area contributed by atoms with Crippen LogP contribution in [-0.4, -0.2) is 21.7 Å². The smallest absolute Gasteiger partial charge is 0.296 e. The third-order valence-electron chi connectivity index (χ3n) is 4.94. The summed E-state index contributed by atoms with van der Waals surface area (Å²) in [6.07, 6.45) is 1.47. The number of hydrogen-bond donors (Lipinski definition) is 1. The summed E-state index contributed by atoms with van der Waals surface area (Å²) in [7, 11) is 0. The number of Topliss-reactive ketones (excluding diaryl/α,β-unsaturated/α-hetero) is 1. The number of furan rings is 1. The van der Waals surface area contributed by atoms with Crippen molar-refractivity contribution in [2.24, 2.45) is 0 Å². The Hall–Kier alpha value is -3.67. The number of carbonyl (C=O) groups is 2. The maximum Gasteiger partial charge on any atom is 0.296 e. The SMILES string of the molecule is Cc1ccc(/C(O)=C2/C(=O)C(=O)N(Cc3ccco3)C2c2cccc(F)c2)cc1. The number of aliphatic hydroxyl groups excluding tert-OH is 1. The van der Waals surface area contributed by atoms with Gasteiger partial charge in [-0.15, -0.1) is 0 Å². The van der Waals surface area contributed by atoms with Crippen molar-refractivity contribution >= 4 is 17.4 Å². The minimum absolute atomic E-state index is 0.0173. The lowest BCUT2D eigenvalue weighted by Crippen LogP contribution is -2.29. The molecule has 0 aliphatic carbocycles. The fraction of sp³-hybridized carbons (Fsp3) is 0.130. The van der Waals surface area contributed by atoms with Crippen LogP contribution in [0.2, 0.25) is 0 Å². The van der Waals surface area contributed by atoms with Crippen LogP contribution in [0.15, 0.2) is 76.9 Å². The summed E-state index contributed by atoms with van der Waals surface area (Å²) >= 11 is 0. The maximum atomic E-state index is 13.9. The molecule has 1 amide bonds. The molecule has 1 atom stereocenters. The highest BCUT2D eigenvalue weighted by atomic mass is 19.1. The van der Waals surface area contributed by atoms with E-state index in [-0.39, 0.29) is 17.9 Å². The van der Waals surface area contributed by atoms with Gasteiger partial charge in [0, 0.05) is 5.56 Å². The number of nitrogens with zero attached hydrogens (tertiary/aromatic N) is 1. The molecule has 6 heteroatoms. The number of benzene rings is 2. The van der Waals surface area contributed by atoms with Crippen LogP contribution in [0, 0.1) is 12.7 Å². The van der Waals surface area contributed by atoms with E-state index in [4.69, 9.17) is 4.42 Å². The number of amides is 1. The first-order valence-electron chi connectivity index (χ1n) is 9.09. The summed E-state index contributed by atoms with van der Waals surface area (Å²) in [5.41, 5.74) is 1.72. The molecular weight excluding hydrogens is 373 g/mol. The quantitative estimate of drug-likeness (QED) is 0.408. The van der Waals surface area contributed by atoms with E-state index in [1.54, 1.807) is 42.5 Å². The lowest BCUT2D eigenvalue weighted by molar-refractivity contribution is -0.140. The molecule has 2 heterocycles. The van der Waals surface area contributed by atoms with Crippen LogP contribution < -0.4 is 0 Å². The van der Waals surface area contributed by atoms with Gasteiger partial charge in [0.2, 0.25) is 0 Å². The zero-order valence-electron chi connectivity index (χ0n) is 15.6. The molecule has 0 saturated carbocycles. The average Bonchev–Trinajstić information content (AvgIpc) is 3.30. The molecule has 29 heavy (non-hydrogen) atoms. The van der Waals surface area contributed by atoms with Crippen molar-refractivity contribution in [2.45, 2.75) is 19.5 Å². The van der Waals surface area contributed by atoms with Crippen molar-refractivity contribution in [3.05, 3.63) is 101 Å². The minimum Gasteiger partial charge on any atom is -0.507 e. The van der Waals surface area contributed by atoms with E-state index < -0.39 is 23.5 Å². The highest BCUT2D eigenvalue weighted by molar-refractivity contribution is 6.46. The topological polar surface area (TPSA) is 70.8 Å². The van der Waals surface area contributed by atoms with Gasteiger partial charge < -0.3 is 14.4 Å². The van der Waals surface area contributed by atoms with Gasteiger partial charge in [-0.1, -0.05) is 42.0 Å². The Bertz CT molecular complexity index is 1100. The van der Waals surface area contributed by atoms with Gasteiger partial charge in [0.25, 0.3) is 11.7 Å². The van der Waals surface area contributed by atoms with Crippen LogP contribution in [0.1, 0.15) is 28.5 Å². The van der Waals surface area contributed by atoms with Crippen molar-refractivity contribution in [3.8, 4) is 0 Å². The second-order valence-electron chi connectivity index (χ2n) is 6.93. The Labute approximate surface area is 166 Å². The van der Waals surface area contributed by atoms with Gasteiger partial charge in [-0.25, -0.2) is 4.39 Å². The number of hydrogen-bond acceptors (Lipinski definition) is 4. The molecule has 1 saturated heterocycles. The normalized spacial score (nSPS) is 18.4. The van der Waals surface area contributed by atoms with Gasteiger partial charge in [-0.05, 0) is 36.8 Å². The van der Waals surface area contributed by atoms with Crippen LogP contribution in [-0.2, 0) is 16.1 Å². The number of carbonyl (C=O) groups excluding carboxylic acids is 2. The number of halogens is 1. The van der Waals surface area contributed by atoms with Crippen molar-refractivity contribution in [1.82, 2.24) is 4.90 Å². The zero-order chi connectivity index (χ0) is 20.5. The number of aliphatic hydroxyl groups is 1. The highest BCUT2D eigenvalue weighted by Gasteiger charge is 2.46. The Morgan fingerprint density at radius 1 is 1.10 bits per heavy atom. The first kappa shape index (κ1) is 18.7. The summed E-state index contributed by atoms with van der Waals surface area (Å²) in [5, 5.41) is 10.9. The van der Waals surface area contributed by atoms with Gasteiger partial charge in [0.15, 0.2) is 0 Å². The molecule has 2 aromatic carbocycles. The molecule has 1 unspecified atom stereocenters. The monoisotopic (exact) mass is 391 g/mol. The van der Waals surface area contributed by atoms with E-state index in [0.717, 1.165) is 5.56 Å². The van der Waals surface area contributed by atoms with Crippen molar-refractivity contribution < 1.29 is 23.5 Å². The molecule has 1 aromatic heterocycles. The van der Waals surface area contributed by atoms with Crippen molar-refractivity contribution in [3.63, 3.8) is 0 Å². The molecule has 0 spiro atoms. The van der Waals surface area contributed by atoms with Crippen LogP contribution in [0.5, 0.6) is 0 Å². The molecule has 146 valence electrons. The van der Waals surface area contributed by atoms with Gasteiger partial charge in [-0.2, -0.15) is 0 Å². The number of ketones is 1.